The van der Waals surface area contributed by atoms with Gasteiger partial charge in [-0.05, 0) is 43.3 Å². The van der Waals surface area contributed by atoms with E-state index >= 15 is 0 Å². The highest BCUT2D eigenvalue weighted by Crippen LogP contribution is 2.39. The lowest BCUT2D eigenvalue weighted by molar-refractivity contribution is -0.177. The van der Waals surface area contributed by atoms with Crippen molar-refractivity contribution in [2.45, 2.75) is 41.6 Å². The molecular weight excluding hydrogens is 570 g/mol. The molecule has 220 valence electrons. The van der Waals surface area contributed by atoms with Gasteiger partial charge in [0.1, 0.15) is 36.3 Å². The molecule has 3 aliphatic heterocycles. The molecule has 3 aromatic rings. The van der Waals surface area contributed by atoms with Gasteiger partial charge in [-0.2, -0.15) is 0 Å². The highest BCUT2D eigenvalue weighted by molar-refractivity contribution is 7.99. The lowest BCUT2D eigenvalue weighted by atomic mass is 9.96. The van der Waals surface area contributed by atoms with Crippen LogP contribution in [-0.4, -0.2) is 91.4 Å². The van der Waals surface area contributed by atoms with Crippen molar-refractivity contribution >= 4 is 35.4 Å². The van der Waals surface area contributed by atoms with Crippen LogP contribution in [0.1, 0.15) is 38.0 Å². The van der Waals surface area contributed by atoms with Crippen LogP contribution in [-0.2, 0) is 9.53 Å². The van der Waals surface area contributed by atoms with E-state index in [0.717, 1.165) is 9.80 Å². The Labute approximate surface area is 252 Å². The summed E-state index contributed by atoms with van der Waals surface area (Å²) in [6.45, 7) is 1.38. The van der Waals surface area contributed by atoms with Crippen molar-refractivity contribution in [3.63, 3.8) is 0 Å². The molecule has 0 aliphatic carbocycles. The first-order valence-corrected chi connectivity index (χ1v) is 14.7. The Morgan fingerprint density at radius 1 is 0.860 bits per heavy atom. The van der Waals surface area contributed by atoms with Crippen molar-refractivity contribution in [1.29, 1.82) is 0 Å². The molecule has 10 nitrogen and oxygen atoms in total. The monoisotopic (exact) mass is 599 g/mol. The summed E-state index contributed by atoms with van der Waals surface area (Å²) >= 11 is 1.21. The Bertz CT molecular complexity index is 1560. The molecular formula is C32H29N3O7S. The average Bonchev–Trinajstić information content (AvgIpc) is 3.27. The average molecular weight is 600 g/mol. The number of thioether (sulfide) groups is 1. The van der Waals surface area contributed by atoms with Crippen LogP contribution >= 0.6 is 11.8 Å². The number of carbonyl (C=O) groups is 4. The second kappa shape index (κ2) is 11.8. The Morgan fingerprint density at radius 3 is 2.07 bits per heavy atom. The molecule has 0 aromatic heterocycles. The van der Waals surface area contributed by atoms with Crippen LogP contribution in [0.5, 0.6) is 0 Å². The molecule has 3 aromatic carbocycles. The van der Waals surface area contributed by atoms with Crippen molar-refractivity contribution in [1.82, 2.24) is 14.7 Å². The van der Waals surface area contributed by atoms with Gasteiger partial charge in [-0.15, -0.1) is 0 Å². The van der Waals surface area contributed by atoms with Crippen molar-refractivity contribution < 1.29 is 34.1 Å². The zero-order valence-corrected chi connectivity index (χ0v) is 24.0. The van der Waals surface area contributed by atoms with Gasteiger partial charge in [0.25, 0.3) is 17.7 Å². The number of hydrogen-bond acceptors (Lipinski definition) is 8. The van der Waals surface area contributed by atoms with Crippen LogP contribution < -0.4 is 0 Å². The van der Waals surface area contributed by atoms with E-state index in [-0.39, 0.29) is 30.1 Å². The van der Waals surface area contributed by atoms with Gasteiger partial charge in [0.15, 0.2) is 0 Å². The fourth-order valence-electron chi connectivity index (χ4n) is 5.59. The Morgan fingerprint density at radius 2 is 1.44 bits per heavy atom. The first kappa shape index (κ1) is 28.8. The fraction of sp³-hybridized carbons (Fsp3) is 0.250. The molecule has 4 amide bonds. The summed E-state index contributed by atoms with van der Waals surface area (Å²) in [5.74, 6) is -1.86. The van der Waals surface area contributed by atoms with Gasteiger partial charge in [-0.3, -0.25) is 24.1 Å². The number of benzene rings is 3. The Balaban J connectivity index is 1.26. The number of ether oxygens (including phenoxy) is 1. The number of aliphatic hydroxyl groups excluding tert-OH is 2. The van der Waals surface area contributed by atoms with Crippen molar-refractivity contribution in [2.24, 2.45) is 0 Å². The van der Waals surface area contributed by atoms with Gasteiger partial charge in [0.05, 0.1) is 17.7 Å². The highest BCUT2D eigenvalue weighted by atomic mass is 32.2. The van der Waals surface area contributed by atoms with Crippen LogP contribution in [0.4, 0.5) is 0 Å². The van der Waals surface area contributed by atoms with Crippen LogP contribution in [0.25, 0.3) is 0 Å². The van der Waals surface area contributed by atoms with Gasteiger partial charge < -0.3 is 24.7 Å². The molecule has 2 N–H and O–H groups in total. The van der Waals surface area contributed by atoms with E-state index in [2.05, 4.69) is 0 Å². The van der Waals surface area contributed by atoms with Crippen molar-refractivity contribution in [3.05, 3.63) is 114 Å². The van der Waals surface area contributed by atoms with Crippen molar-refractivity contribution in [3.8, 4) is 0 Å². The van der Waals surface area contributed by atoms with Crippen LogP contribution in [0.2, 0.25) is 0 Å². The molecule has 3 aliphatic rings. The number of rotatable bonds is 6. The number of imide groups is 1. The summed E-state index contributed by atoms with van der Waals surface area (Å²) in [5.41, 5.74) is 0.445. The Hall–Kier alpha value is -4.29. The van der Waals surface area contributed by atoms with E-state index in [0.29, 0.717) is 11.3 Å². The van der Waals surface area contributed by atoms with Gasteiger partial charge in [-0.25, -0.2) is 0 Å². The van der Waals surface area contributed by atoms with E-state index in [9.17, 15) is 29.4 Å². The predicted molar refractivity (Wildman–Crippen MR) is 157 cm³/mol. The maximum Gasteiger partial charge on any atom is 0.262 e. The minimum atomic E-state index is -1.57. The van der Waals surface area contributed by atoms with E-state index in [4.69, 9.17) is 4.74 Å². The number of amides is 4. The molecule has 1 fully saturated rings. The maximum atomic E-state index is 13.4. The summed E-state index contributed by atoms with van der Waals surface area (Å²) in [4.78, 5) is 57.4. The van der Waals surface area contributed by atoms with Gasteiger partial charge in [0, 0.05) is 22.4 Å². The number of aliphatic hydroxyl groups is 2. The summed E-state index contributed by atoms with van der Waals surface area (Å²) in [7, 11) is 0. The fourth-order valence-corrected chi connectivity index (χ4v) is 6.79. The predicted octanol–water partition coefficient (Wildman–Crippen LogP) is 2.74. The van der Waals surface area contributed by atoms with E-state index < -0.39 is 47.5 Å². The number of nitrogens with zero attached hydrogens (tertiary/aromatic N) is 3. The molecule has 11 heteroatoms. The molecule has 6 rings (SSSR count). The number of hydrogen-bond donors (Lipinski definition) is 2. The molecule has 5 atom stereocenters. The lowest BCUT2D eigenvalue weighted by Crippen LogP contribution is -2.65. The minimum absolute atomic E-state index is 0.123. The molecule has 0 spiro atoms. The topological polar surface area (TPSA) is 128 Å². The number of carbonyl (C=O) groups excluding carboxylic acids is 4. The lowest BCUT2D eigenvalue weighted by Gasteiger charge is -2.46. The number of fused-ring (bicyclic) bond motifs is 1. The zero-order chi connectivity index (χ0) is 30.2. The van der Waals surface area contributed by atoms with E-state index in [1.165, 1.54) is 27.8 Å². The second-order valence-corrected chi connectivity index (χ2v) is 11.7. The largest absolute Gasteiger partial charge is 0.388 e. The van der Waals surface area contributed by atoms with Crippen LogP contribution in [0.3, 0.4) is 0 Å². The standard InChI is InChI=1S/C32H29N3O7S/c1-19-16-33(25(36)18-34(19)29(39)20-10-4-2-5-11-20)17-24-27(37)28(38)26(32(42-24)43-21-12-6-3-7-13-21)35-30(40)22-14-8-9-15-23(22)31(35)41/h2-16,24,26-28,32,37-38H,17-18H2,1H3/t24-,26-,27-,28-,32+/m1/s1. The maximum absolute atomic E-state index is 13.4. The van der Waals surface area contributed by atoms with Crippen LogP contribution in [0, 0.1) is 0 Å². The third-order valence-corrected chi connectivity index (χ3v) is 8.98. The summed E-state index contributed by atoms with van der Waals surface area (Å²) < 4.78 is 6.33. The molecule has 0 unspecified atom stereocenters. The molecule has 0 radical (unpaired) electrons. The third-order valence-electron chi connectivity index (χ3n) is 7.81. The number of allylic oxidation sites excluding steroid dienone is 1. The highest BCUT2D eigenvalue weighted by Gasteiger charge is 2.53. The van der Waals surface area contributed by atoms with Gasteiger partial charge in [-0.1, -0.05) is 60.3 Å². The van der Waals surface area contributed by atoms with Crippen LogP contribution in [0.15, 0.2) is 102 Å². The quantitative estimate of drug-likeness (QED) is 0.414. The molecule has 1 saturated heterocycles. The SMILES string of the molecule is CC1=CN(C[C@H]2O[C@@H](Sc3ccccc3)[C@H](N3C(=O)c4ccccc4C3=O)[C@@H](O)[C@@H]2O)C(=O)CN1C(=O)c1ccccc1. The minimum Gasteiger partial charge on any atom is -0.388 e. The van der Waals surface area contributed by atoms with E-state index in [1.54, 1.807) is 61.5 Å². The molecule has 0 bridgehead atoms. The Kier molecular flexibility index (Phi) is 7.89. The smallest absolute Gasteiger partial charge is 0.262 e. The summed E-state index contributed by atoms with van der Waals surface area (Å²) in [6.07, 6.45) is -2.65. The third kappa shape index (κ3) is 5.36. The van der Waals surface area contributed by atoms with Crippen molar-refractivity contribution in [2.75, 3.05) is 13.1 Å². The summed E-state index contributed by atoms with van der Waals surface area (Å²) in [6, 6.07) is 23.0. The first-order valence-electron chi connectivity index (χ1n) is 13.8. The zero-order valence-electron chi connectivity index (χ0n) is 23.1. The van der Waals surface area contributed by atoms with Gasteiger partial charge >= 0.3 is 0 Å². The second-order valence-electron chi connectivity index (χ2n) is 10.5. The normalized spacial score (nSPS) is 25.6. The van der Waals surface area contributed by atoms with E-state index in [1.807, 2.05) is 30.3 Å². The molecule has 3 heterocycles. The first-order chi connectivity index (χ1) is 20.7. The summed E-state index contributed by atoms with van der Waals surface area (Å²) in [5, 5.41) is 22.7. The van der Waals surface area contributed by atoms with Gasteiger partial charge in [0.2, 0.25) is 5.91 Å². The molecule has 0 saturated carbocycles. The molecule has 43 heavy (non-hydrogen) atoms.